The van der Waals surface area contributed by atoms with E-state index in [0.29, 0.717) is 18.8 Å². The third-order valence-corrected chi connectivity index (χ3v) is 5.35. The topological polar surface area (TPSA) is 79.0 Å². The first kappa shape index (κ1) is 22.9. The van der Waals surface area contributed by atoms with Gasteiger partial charge in [0.25, 0.3) is 5.91 Å². The number of aryl methyl sites for hydroxylation is 1. The van der Waals surface area contributed by atoms with E-state index < -0.39 is 0 Å². The zero-order valence-corrected chi connectivity index (χ0v) is 17.4. The Morgan fingerprint density at radius 1 is 1.38 bits per heavy atom. The standard InChI is InChI=1S/C17H24N4O2S.2ClH/c1-12-21-15(9-24-12)13-7-14(19-8-13)16(22)20-10-17(11-23-2)3-5-18-6-4-17;;/h7-9,18-19H,3-6,10-11H2,1-2H3,(H,20,22);2*1H. The molecule has 26 heavy (non-hydrogen) atoms. The molecule has 1 amide bonds. The van der Waals surface area contributed by atoms with Crippen LogP contribution in [-0.4, -0.2) is 49.2 Å². The van der Waals surface area contributed by atoms with Gasteiger partial charge in [-0.1, -0.05) is 0 Å². The zero-order chi connectivity index (χ0) is 17.0. The summed E-state index contributed by atoms with van der Waals surface area (Å²) in [5.41, 5.74) is 2.44. The summed E-state index contributed by atoms with van der Waals surface area (Å²) < 4.78 is 5.39. The Balaban J connectivity index is 0.00000169. The molecule has 9 heteroatoms. The van der Waals surface area contributed by atoms with Crippen molar-refractivity contribution in [3.05, 3.63) is 28.3 Å². The summed E-state index contributed by atoms with van der Waals surface area (Å²) in [6.07, 6.45) is 3.85. The van der Waals surface area contributed by atoms with Gasteiger partial charge in [-0.2, -0.15) is 0 Å². The molecule has 146 valence electrons. The molecule has 1 aliphatic rings. The molecule has 1 aliphatic heterocycles. The number of carbonyl (C=O) groups excluding carboxylic acids is 1. The molecule has 2 aromatic heterocycles. The van der Waals surface area contributed by atoms with E-state index in [1.54, 1.807) is 18.4 Å². The SMILES string of the molecule is COCC1(CNC(=O)c2cc(-c3csc(C)n3)c[nH]2)CCNCC1.Cl.Cl. The third-order valence-electron chi connectivity index (χ3n) is 4.58. The number of aromatic nitrogens is 2. The molecule has 0 aliphatic carbocycles. The van der Waals surface area contributed by atoms with Crippen LogP contribution in [0.1, 0.15) is 28.3 Å². The fourth-order valence-corrected chi connectivity index (χ4v) is 3.79. The van der Waals surface area contributed by atoms with Gasteiger partial charge < -0.3 is 20.4 Å². The van der Waals surface area contributed by atoms with Gasteiger partial charge in [0.15, 0.2) is 0 Å². The molecule has 0 radical (unpaired) electrons. The monoisotopic (exact) mass is 420 g/mol. The smallest absolute Gasteiger partial charge is 0.267 e. The second-order valence-corrected chi connectivity index (χ2v) is 7.48. The molecule has 0 spiro atoms. The number of halogens is 2. The van der Waals surface area contributed by atoms with Crippen molar-refractivity contribution in [1.82, 2.24) is 20.6 Å². The third kappa shape index (κ3) is 5.44. The predicted octanol–water partition coefficient (Wildman–Crippen LogP) is 3.04. The quantitative estimate of drug-likeness (QED) is 0.670. The van der Waals surface area contributed by atoms with Gasteiger partial charge in [-0.3, -0.25) is 4.79 Å². The molecule has 0 aromatic carbocycles. The van der Waals surface area contributed by atoms with Crippen LogP contribution in [0.2, 0.25) is 0 Å². The first-order chi connectivity index (χ1) is 11.6. The Kier molecular flexibility index (Phi) is 9.06. The minimum Gasteiger partial charge on any atom is -0.384 e. The van der Waals surface area contributed by atoms with Gasteiger partial charge in [-0.05, 0) is 38.9 Å². The number of nitrogens with one attached hydrogen (secondary N) is 3. The van der Waals surface area contributed by atoms with E-state index in [4.69, 9.17) is 4.74 Å². The summed E-state index contributed by atoms with van der Waals surface area (Å²) in [6, 6.07) is 1.86. The van der Waals surface area contributed by atoms with Crippen molar-refractivity contribution in [2.24, 2.45) is 5.41 Å². The fraction of sp³-hybridized carbons (Fsp3) is 0.529. The Labute approximate surface area is 170 Å². The first-order valence-corrected chi connectivity index (χ1v) is 9.09. The van der Waals surface area contributed by atoms with Crippen molar-refractivity contribution in [2.75, 3.05) is 33.4 Å². The number of thiazole rings is 1. The van der Waals surface area contributed by atoms with Crippen LogP contribution in [0.5, 0.6) is 0 Å². The number of ether oxygens (including phenoxy) is 1. The predicted molar refractivity (Wildman–Crippen MR) is 110 cm³/mol. The van der Waals surface area contributed by atoms with Gasteiger partial charge in [0.05, 0.1) is 17.3 Å². The van der Waals surface area contributed by atoms with Gasteiger partial charge in [-0.15, -0.1) is 36.2 Å². The zero-order valence-electron chi connectivity index (χ0n) is 15.0. The number of methoxy groups -OCH3 is 1. The van der Waals surface area contributed by atoms with E-state index in [2.05, 4.69) is 20.6 Å². The number of amides is 1. The summed E-state index contributed by atoms with van der Waals surface area (Å²) in [7, 11) is 1.72. The number of H-pyrrole nitrogens is 1. The molecule has 1 saturated heterocycles. The van der Waals surface area contributed by atoms with Crippen molar-refractivity contribution in [1.29, 1.82) is 0 Å². The molecular weight excluding hydrogens is 395 g/mol. The van der Waals surface area contributed by atoms with E-state index in [0.717, 1.165) is 42.2 Å². The van der Waals surface area contributed by atoms with Gasteiger partial charge in [0.1, 0.15) is 5.69 Å². The Morgan fingerprint density at radius 3 is 2.73 bits per heavy atom. The van der Waals surface area contributed by atoms with E-state index >= 15 is 0 Å². The normalized spacial score (nSPS) is 15.6. The number of aromatic amines is 1. The number of hydrogen-bond donors (Lipinski definition) is 3. The summed E-state index contributed by atoms with van der Waals surface area (Å²) in [5.74, 6) is -0.0813. The summed E-state index contributed by atoms with van der Waals surface area (Å²) >= 11 is 1.61. The molecule has 3 N–H and O–H groups in total. The number of hydrogen-bond acceptors (Lipinski definition) is 5. The van der Waals surface area contributed by atoms with Crippen molar-refractivity contribution >= 4 is 42.1 Å². The highest BCUT2D eigenvalue weighted by Crippen LogP contribution is 2.28. The Bertz CT molecular complexity index is 693. The minimum absolute atomic E-state index is 0. The van der Waals surface area contributed by atoms with Gasteiger partial charge in [0, 0.05) is 36.2 Å². The van der Waals surface area contributed by atoms with E-state index in [1.807, 2.05) is 24.6 Å². The van der Waals surface area contributed by atoms with Gasteiger partial charge in [-0.25, -0.2) is 4.98 Å². The maximum atomic E-state index is 12.5. The Hall–Kier alpha value is -1.12. The molecule has 0 unspecified atom stereocenters. The average molecular weight is 421 g/mol. The second-order valence-electron chi connectivity index (χ2n) is 6.42. The number of carbonyl (C=O) groups is 1. The second kappa shape index (κ2) is 10.3. The highest BCUT2D eigenvalue weighted by Gasteiger charge is 2.32. The molecular formula is C17H26Cl2N4O2S. The van der Waals surface area contributed by atoms with Gasteiger partial charge in [0.2, 0.25) is 0 Å². The maximum Gasteiger partial charge on any atom is 0.267 e. The highest BCUT2D eigenvalue weighted by atomic mass is 35.5. The lowest BCUT2D eigenvalue weighted by Crippen LogP contribution is -2.47. The van der Waals surface area contributed by atoms with E-state index in [1.165, 1.54) is 0 Å². The molecule has 3 heterocycles. The van der Waals surface area contributed by atoms with Crippen LogP contribution in [0.25, 0.3) is 11.3 Å². The van der Waals surface area contributed by atoms with Crippen molar-refractivity contribution in [3.63, 3.8) is 0 Å². The molecule has 3 rings (SSSR count). The van der Waals surface area contributed by atoms with Crippen LogP contribution in [0.3, 0.4) is 0 Å². The van der Waals surface area contributed by atoms with Crippen molar-refractivity contribution < 1.29 is 9.53 Å². The van der Waals surface area contributed by atoms with Crippen LogP contribution in [0.4, 0.5) is 0 Å². The highest BCUT2D eigenvalue weighted by molar-refractivity contribution is 7.09. The lowest BCUT2D eigenvalue weighted by Gasteiger charge is -2.37. The number of piperidine rings is 1. The van der Waals surface area contributed by atoms with Gasteiger partial charge >= 0.3 is 0 Å². The average Bonchev–Trinajstić information content (AvgIpc) is 3.23. The minimum atomic E-state index is -0.0813. The molecule has 1 fully saturated rings. The maximum absolute atomic E-state index is 12.5. The number of rotatable bonds is 6. The molecule has 6 nitrogen and oxygen atoms in total. The molecule has 2 aromatic rings. The molecule has 0 atom stereocenters. The van der Waals surface area contributed by atoms with Crippen LogP contribution in [0, 0.1) is 12.3 Å². The lowest BCUT2D eigenvalue weighted by molar-refractivity contribution is 0.0511. The van der Waals surface area contributed by atoms with E-state index in [-0.39, 0.29) is 36.1 Å². The van der Waals surface area contributed by atoms with Crippen LogP contribution >= 0.6 is 36.2 Å². The summed E-state index contributed by atoms with van der Waals surface area (Å²) in [6.45, 7) is 5.21. The molecule has 0 saturated carbocycles. The summed E-state index contributed by atoms with van der Waals surface area (Å²) in [5, 5.41) is 9.45. The number of nitrogens with zero attached hydrogens (tertiary/aromatic N) is 1. The van der Waals surface area contributed by atoms with E-state index in [9.17, 15) is 4.79 Å². The Morgan fingerprint density at radius 2 is 2.12 bits per heavy atom. The summed E-state index contributed by atoms with van der Waals surface area (Å²) in [4.78, 5) is 20.0. The lowest BCUT2D eigenvalue weighted by atomic mass is 9.79. The largest absolute Gasteiger partial charge is 0.384 e. The molecule has 0 bridgehead atoms. The van der Waals surface area contributed by atoms with Crippen molar-refractivity contribution in [3.8, 4) is 11.3 Å². The fourth-order valence-electron chi connectivity index (χ4n) is 3.17. The van der Waals surface area contributed by atoms with Crippen molar-refractivity contribution in [2.45, 2.75) is 19.8 Å². The van der Waals surface area contributed by atoms with Crippen LogP contribution in [-0.2, 0) is 4.74 Å². The first-order valence-electron chi connectivity index (χ1n) is 8.21. The van der Waals surface area contributed by atoms with Crippen LogP contribution < -0.4 is 10.6 Å². The van der Waals surface area contributed by atoms with Crippen LogP contribution in [0.15, 0.2) is 17.6 Å².